The molecule has 0 amide bonds. The maximum absolute atomic E-state index is 5.80. The Morgan fingerprint density at radius 2 is 2.05 bits per heavy atom. The van der Waals surface area contributed by atoms with Crippen LogP contribution >= 0.6 is 0 Å². The number of nitrogens with zero attached hydrogens (tertiary/aromatic N) is 2. The van der Waals surface area contributed by atoms with Crippen LogP contribution in [0.1, 0.15) is 49.4 Å². The maximum atomic E-state index is 5.80. The number of ether oxygens (including phenoxy) is 1. The molecule has 1 aromatic heterocycles. The van der Waals surface area contributed by atoms with Crippen LogP contribution in [0.2, 0.25) is 0 Å². The second-order valence-corrected chi connectivity index (χ2v) is 5.68. The fraction of sp³-hybridized carbons (Fsp3) is 0.471. The smallest absolute Gasteiger partial charge is 0.132 e. The van der Waals surface area contributed by atoms with E-state index < -0.39 is 0 Å². The summed E-state index contributed by atoms with van der Waals surface area (Å²) in [6.45, 7) is 2.62. The Morgan fingerprint density at radius 3 is 2.85 bits per heavy atom. The Labute approximate surface area is 120 Å². The summed E-state index contributed by atoms with van der Waals surface area (Å²) in [5, 5.41) is 4.66. The topological polar surface area (TPSA) is 27.1 Å². The van der Waals surface area contributed by atoms with E-state index in [9.17, 15) is 0 Å². The van der Waals surface area contributed by atoms with Crippen molar-refractivity contribution in [3.05, 3.63) is 47.8 Å². The van der Waals surface area contributed by atoms with Crippen molar-refractivity contribution in [3.63, 3.8) is 0 Å². The van der Waals surface area contributed by atoms with Gasteiger partial charge in [0.2, 0.25) is 0 Å². The van der Waals surface area contributed by atoms with E-state index in [1.807, 2.05) is 12.1 Å². The zero-order valence-electron chi connectivity index (χ0n) is 12.1. The summed E-state index contributed by atoms with van der Waals surface area (Å²) in [6.07, 6.45) is 8.67. The van der Waals surface area contributed by atoms with Crippen LogP contribution in [0, 0.1) is 6.92 Å². The Bertz CT molecular complexity index is 556. The van der Waals surface area contributed by atoms with E-state index in [2.05, 4.69) is 41.1 Å². The molecule has 1 aromatic carbocycles. The molecular formula is C17H22N2O. The number of aryl methyl sites for hydroxylation is 1. The van der Waals surface area contributed by atoms with Crippen LogP contribution in [0.25, 0.3) is 0 Å². The van der Waals surface area contributed by atoms with Gasteiger partial charge < -0.3 is 4.74 Å². The van der Waals surface area contributed by atoms with Gasteiger partial charge in [0.25, 0.3) is 0 Å². The molecule has 1 aliphatic rings. The third kappa shape index (κ3) is 3.21. The first-order valence-electron chi connectivity index (χ1n) is 7.55. The average Bonchev–Trinajstić information content (AvgIpc) is 2.95. The summed E-state index contributed by atoms with van der Waals surface area (Å²) in [7, 11) is 0. The van der Waals surface area contributed by atoms with Gasteiger partial charge in [-0.3, -0.25) is 4.68 Å². The van der Waals surface area contributed by atoms with Crippen LogP contribution in [0.4, 0.5) is 0 Å². The van der Waals surface area contributed by atoms with Gasteiger partial charge in [-0.1, -0.05) is 31.4 Å². The van der Waals surface area contributed by atoms with Gasteiger partial charge in [-0.2, -0.15) is 5.10 Å². The first-order chi connectivity index (χ1) is 9.81. The van der Waals surface area contributed by atoms with Crippen molar-refractivity contribution in [2.75, 3.05) is 0 Å². The maximum Gasteiger partial charge on any atom is 0.132 e. The third-order valence-corrected chi connectivity index (χ3v) is 3.99. The van der Waals surface area contributed by atoms with Gasteiger partial charge in [0.05, 0.1) is 11.7 Å². The molecule has 3 heteroatoms. The molecule has 1 heterocycles. The third-order valence-electron chi connectivity index (χ3n) is 3.99. The lowest BCUT2D eigenvalue weighted by atomic mass is 9.96. The summed E-state index contributed by atoms with van der Waals surface area (Å²) in [5.41, 5.74) is 2.23. The predicted octanol–water partition coefficient (Wildman–Crippen LogP) is 4.28. The van der Waals surface area contributed by atoms with Gasteiger partial charge in [-0.15, -0.1) is 0 Å². The molecule has 3 rings (SSSR count). The Balaban J connectivity index is 1.59. The van der Waals surface area contributed by atoms with E-state index in [0.29, 0.717) is 12.6 Å². The molecule has 2 aromatic rings. The van der Waals surface area contributed by atoms with Crippen LogP contribution in [-0.4, -0.2) is 9.78 Å². The van der Waals surface area contributed by atoms with Crippen molar-refractivity contribution in [1.82, 2.24) is 9.78 Å². The van der Waals surface area contributed by atoms with Crippen LogP contribution in [-0.2, 0) is 6.61 Å². The van der Waals surface area contributed by atoms with Crippen molar-refractivity contribution in [2.24, 2.45) is 0 Å². The molecule has 1 saturated carbocycles. The Kier molecular flexibility index (Phi) is 4.05. The van der Waals surface area contributed by atoms with Crippen molar-refractivity contribution in [3.8, 4) is 5.75 Å². The SMILES string of the molecule is Cc1cccc(OCc2ccn(C3CCCCC3)n2)c1. The molecule has 0 N–H and O–H groups in total. The number of hydrogen-bond donors (Lipinski definition) is 0. The fourth-order valence-electron chi connectivity index (χ4n) is 2.87. The standard InChI is InChI=1S/C17H22N2O/c1-14-6-5-9-17(12-14)20-13-15-10-11-19(18-15)16-7-3-2-4-8-16/h5-6,9-12,16H,2-4,7-8,13H2,1H3. The first kappa shape index (κ1) is 13.2. The van der Waals surface area contributed by atoms with Gasteiger partial charge in [0, 0.05) is 6.20 Å². The molecule has 0 aliphatic heterocycles. The molecule has 0 atom stereocenters. The minimum Gasteiger partial charge on any atom is -0.487 e. The fourth-order valence-corrected chi connectivity index (χ4v) is 2.87. The molecule has 0 radical (unpaired) electrons. The molecule has 0 bridgehead atoms. The second kappa shape index (κ2) is 6.12. The van der Waals surface area contributed by atoms with Crippen LogP contribution in [0.15, 0.2) is 36.5 Å². The van der Waals surface area contributed by atoms with Crippen LogP contribution in [0.3, 0.4) is 0 Å². The van der Waals surface area contributed by atoms with Gasteiger partial charge >= 0.3 is 0 Å². The largest absolute Gasteiger partial charge is 0.487 e. The lowest BCUT2D eigenvalue weighted by Gasteiger charge is -2.21. The highest BCUT2D eigenvalue weighted by Gasteiger charge is 2.15. The van der Waals surface area contributed by atoms with Gasteiger partial charge in [0.1, 0.15) is 12.4 Å². The number of hydrogen-bond acceptors (Lipinski definition) is 2. The van der Waals surface area contributed by atoms with Gasteiger partial charge in [-0.25, -0.2) is 0 Å². The van der Waals surface area contributed by atoms with Crippen molar-refractivity contribution >= 4 is 0 Å². The highest BCUT2D eigenvalue weighted by molar-refractivity contribution is 5.27. The van der Waals surface area contributed by atoms with Gasteiger partial charge in [0.15, 0.2) is 0 Å². The summed E-state index contributed by atoms with van der Waals surface area (Å²) < 4.78 is 7.93. The lowest BCUT2D eigenvalue weighted by molar-refractivity contribution is 0.291. The quantitative estimate of drug-likeness (QED) is 0.829. The normalized spacial score (nSPS) is 16.2. The highest BCUT2D eigenvalue weighted by atomic mass is 16.5. The number of benzene rings is 1. The molecule has 0 spiro atoms. The average molecular weight is 270 g/mol. The molecule has 106 valence electrons. The van der Waals surface area contributed by atoms with Crippen molar-refractivity contribution in [2.45, 2.75) is 51.7 Å². The summed E-state index contributed by atoms with van der Waals surface area (Å²) in [6, 6.07) is 10.8. The summed E-state index contributed by atoms with van der Waals surface area (Å²) >= 11 is 0. The van der Waals surface area contributed by atoms with Gasteiger partial charge in [-0.05, 0) is 43.5 Å². The lowest BCUT2D eigenvalue weighted by Crippen LogP contribution is -2.13. The zero-order chi connectivity index (χ0) is 13.8. The molecule has 1 aliphatic carbocycles. The van der Waals surface area contributed by atoms with Crippen LogP contribution in [0.5, 0.6) is 5.75 Å². The molecule has 3 nitrogen and oxygen atoms in total. The van der Waals surface area contributed by atoms with E-state index in [0.717, 1.165) is 11.4 Å². The molecule has 0 unspecified atom stereocenters. The van der Waals surface area contributed by atoms with E-state index in [1.54, 1.807) is 0 Å². The predicted molar refractivity (Wildman–Crippen MR) is 79.9 cm³/mol. The van der Waals surface area contributed by atoms with Crippen LogP contribution < -0.4 is 4.74 Å². The minimum absolute atomic E-state index is 0.545. The van der Waals surface area contributed by atoms with Crippen molar-refractivity contribution < 1.29 is 4.74 Å². The highest BCUT2D eigenvalue weighted by Crippen LogP contribution is 2.27. The summed E-state index contributed by atoms with van der Waals surface area (Å²) in [5.74, 6) is 0.914. The zero-order valence-corrected chi connectivity index (χ0v) is 12.1. The molecular weight excluding hydrogens is 248 g/mol. The second-order valence-electron chi connectivity index (χ2n) is 5.68. The molecule has 20 heavy (non-hydrogen) atoms. The Hall–Kier alpha value is -1.77. The van der Waals surface area contributed by atoms with E-state index in [-0.39, 0.29) is 0 Å². The molecule has 0 saturated heterocycles. The number of aromatic nitrogens is 2. The monoisotopic (exact) mass is 270 g/mol. The first-order valence-corrected chi connectivity index (χ1v) is 7.55. The summed E-state index contributed by atoms with van der Waals surface area (Å²) in [4.78, 5) is 0. The number of rotatable bonds is 4. The van der Waals surface area contributed by atoms with E-state index in [1.165, 1.54) is 37.7 Å². The Morgan fingerprint density at radius 1 is 1.20 bits per heavy atom. The molecule has 1 fully saturated rings. The van der Waals surface area contributed by atoms with Crippen molar-refractivity contribution in [1.29, 1.82) is 0 Å². The minimum atomic E-state index is 0.545. The van der Waals surface area contributed by atoms with E-state index in [4.69, 9.17) is 4.74 Å². The van der Waals surface area contributed by atoms with E-state index >= 15 is 0 Å².